The molecule has 1 aromatic carbocycles. The summed E-state index contributed by atoms with van der Waals surface area (Å²) in [6.45, 7) is 0. The van der Waals surface area contributed by atoms with Crippen LogP contribution in [0.4, 0.5) is 4.39 Å². The number of aromatic nitrogens is 2. The molecule has 3 N–H and O–H groups in total. The maximum absolute atomic E-state index is 13.1. The van der Waals surface area contributed by atoms with Gasteiger partial charge in [-0.05, 0) is 40.0 Å². The molecule has 0 radical (unpaired) electrons. The van der Waals surface area contributed by atoms with Crippen molar-refractivity contribution in [1.29, 1.82) is 0 Å². The van der Waals surface area contributed by atoms with E-state index < -0.39 is 0 Å². The Balaban J connectivity index is 2.17. The summed E-state index contributed by atoms with van der Waals surface area (Å²) in [6.07, 6.45) is 4.27. The summed E-state index contributed by atoms with van der Waals surface area (Å²) in [7, 11) is 1.90. The predicted octanol–water partition coefficient (Wildman–Crippen LogP) is 2.07. The van der Waals surface area contributed by atoms with Crippen LogP contribution in [-0.4, -0.2) is 9.55 Å². The van der Waals surface area contributed by atoms with E-state index in [0.717, 1.165) is 11.3 Å². The highest BCUT2D eigenvalue weighted by Gasteiger charge is 2.13. The molecule has 4 nitrogen and oxygen atoms in total. The Morgan fingerprint density at radius 2 is 2.33 bits per heavy atom. The molecule has 0 saturated heterocycles. The zero-order valence-electron chi connectivity index (χ0n) is 9.90. The second kappa shape index (κ2) is 5.60. The van der Waals surface area contributed by atoms with E-state index >= 15 is 0 Å². The van der Waals surface area contributed by atoms with Crippen LogP contribution >= 0.6 is 15.9 Å². The molecule has 0 aliphatic carbocycles. The number of nitrogens with one attached hydrogen (secondary N) is 1. The molecule has 0 fully saturated rings. The van der Waals surface area contributed by atoms with Crippen LogP contribution in [0.5, 0.6) is 0 Å². The largest absolute Gasteiger partial charge is 0.340 e. The van der Waals surface area contributed by atoms with Gasteiger partial charge >= 0.3 is 0 Å². The first kappa shape index (κ1) is 13.2. The first-order valence-corrected chi connectivity index (χ1v) is 6.27. The molecule has 0 spiro atoms. The van der Waals surface area contributed by atoms with Crippen LogP contribution in [0.1, 0.15) is 17.3 Å². The van der Waals surface area contributed by atoms with Crippen LogP contribution in [0.15, 0.2) is 35.2 Å². The van der Waals surface area contributed by atoms with E-state index in [4.69, 9.17) is 5.84 Å². The molecule has 2 rings (SSSR count). The van der Waals surface area contributed by atoms with E-state index in [1.165, 1.54) is 6.07 Å². The van der Waals surface area contributed by atoms with E-state index in [1.54, 1.807) is 18.5 Å². The van der Waals surface area contributed by atoms with Gasteiger partial charge in [0.2, 0.25) is 0 Å². The number of rotatable bonds is 4. The minimum atomic E-state index is -0.270. The second-order valence-corrected chi connectivity index (χ2v) is 4.99. The van der Waals surface area contributed by atoms with Crippen LogP contribution in [0.2, 0.25) is 0 Å². The zero-order chi connectivity index (χ0) is 13.1. The lowest BCUT2D eigenvalue weighted by Gasteiger charge is -2.13. The van der Waals surface area contributed by atoms with Crippen molar-refractivity contribution >= 4 is 15.9 Å². The molecule has 6 heteroatoms. The van der Waals surface area contributed by atoms with Crippen LogP contribution in [0.3, 0.4) is 0 Å². The Bertz CT molecular complexity index is 541. The molecule has 0 aliphatic rings. The third kappa shape index (κ3) is 2.95. The molecule has 96 valence electrons. The molecule has 1 aromatic heterocycles. The van der Waals surface area contributed by atoms with Crippen LogP contribution in [0.25, 0.3) is 0 Å². The Labute approximate surface area is 113 Å². The Morgan fingerprint density at radius 1 is 1.56 bits per heavy atom. The van der Waals surface area contributed by atoms with Crippen LogP contribution in [-0.2, 0) is 13.5 Å². The van der Waals surface area contributed by atoms with Gasteiger partial charge in [-0.15, -0.1) is 0 Å². The summed E-state index contributed by atoms with van der Waals surface area (Å²) in [5.74, 6) is 5.28. The maximum Gasteiger partial charge on any atom is 0.137 e. The molecule has 1 unspecified atom stereocenters. The lowest BCUT2D eigenvalue weighted by Crippen LogP contribution is -2.29. The highest BCUT2D eigenvalue weighted by molar-refractivity contribution is 9.10. The summed E-state index contributed by atoms with van der Waals surface area (Å²) >= 11 is 3.17. The first-order chi connectivity index (χ1) is 8.60. The fourth-order valence-electron chi connectivity index (χ4n) is 1.76. The van der Waals surface area contributed by atoms with Gasteiger partial charge < -0.3 is 4.57 Å². The molecule has 1 heterocycles. The number of aryl methyl sites for hydroxylation is 1. The van der Waals surface area contributed by atoms with Crippen molar-refractivity contribution in [1.82, 2.24) is 15.0 Å². The highest BCUT2D eigenvalue weighted by atomic mass is 79.9. The number of nitrogens with two attached hydrogens (primary N) is 1. The van der Waals surface area contributed by atoms with Crippen molar-refractivity contribution in [3.63, 3.8) is 0 Å². The van der Waals surface area contributed by atoms with Gasteiger partial charge in [-0.3, -0.25) is 11.3 Å². The van der Waals surface area contributed by atoms with Crippen molar-refractivity contribution in [3.8, 4) is 0 Å². The zero-order valence-corrected chi connectivity index (χ0v) is 11.5. The Kier molecular flexibility index (Phi) is 4.11. The summed E-state index contributed by atoms with van der Waals surface area (Å²) in [5, 5.41) is 0. The van der Waals surface area contributed by atoms with E-state index in [2.05, 4.69) is 26.3 Å². The van der Waals surface area contributed by atoms with Gasteiger partial charge in [-0.2, -0.15) is 0 Å². The Hall–Kier alpha value is -1.24. The van der Waals surface area contributed by atoms with Gasteiger partial charge in [0, 0.05) is 13.2 Å². The quantitative estimate of drug-likeness (QED) is 0.671. The van der Waals surface area contributed by atoms with Gasteiger partial charge in [0.1, 0.15) is 5.82 Å². The van der Waals surface area contributed by atoms with E-state index in [9.17, 15) is 4.39 Å². The fraction of sp³-hybridized carbons (Fsp3) is 0.250. The predicted molar refractivity (Wildman–Crippen MR) is 71.1 cm³/mol. The van der Waals surface area contributed by atoms with Crippen LogP contribution < -0.4 is 11.3 Å². The van der Waals surface area contributed by atoms with Crippen molar-refractivity contribution in [2.75, 3.05) is 0 Å². The lowest BCUT2D eigenvalue weighted by molar-refractivity contribution is 0.539. The summed E-state index contributed by atoms with van der Waals surface area (Å²) < 4.78 is 15.5. The van der Waals surface area contributed by atoms with Gasteiger partial charge in [0.15, 0.2) is 0 Å². The minimum absolute atomic E-state index is 0.0939. The molecule has 0 bridgehead atoms. The summed E-state index contributed by atoms with van der Waals surface area (Å²) in [6, 6.07) is 4.84. The van der Waals surface area contributed by atoms with Crippen molar-refractivity contribution < 1.29 is 4.39 Å². The normalized spacial score (nSPS) is 12.7. The van der Waals surface area contributed by atoms with Gasteiger partial charge in [-0.1, -0.05) is 6.07 Å². The lowest BCUT2D eigenvalue weighted by atomic mass is 10.0. The SMILES string of the molecule is Cn1cnc(C(Cc2ccc(F)c(Br)c2)NN)c1. The van der Waals surface area contributed by atoms with E-state index in [-0.39, 0.29) is 11.9 Å². The fourth-order valence-corrected chi connectivity index (χ4v) is 2.19. The van der Waals surface area contributed by atoms with E-state index in [0.29, 0.717) is 10.9 Å². The molecule has 1 atom stereocenters. The number of benzene rings is 1. The second-order valence-electron chi connectivity index (χ2n) is 4.14. The van der Waals surface area contributed by atoms with Gasteiger partial charge in [-0.25, -0.2) is 9.37 Å². The Morgan fingerprint density at radius 3 is 2.89 bits per heavy atom. The third-order valence-corrected chi connectivity index (χ3v) is 3.31. The monoisotopic (exact) mass is 312 g/mol. The summed E-state index contributed by atoms with van der Waals surface area (Å²) in [5.41, 5.74) is 4.57. The number of hydrazine groups is 1. The summed E-state index contributed by atoms with van der Waals surface area (Å²) in [4.78, 5) is 4.26. The average molecular weight is 313 g/mol. The van der Waals surface area contributed by atoms with Crippen molar-refractivity contribution in [3.05, 3.63) is 52.3 Å². The molecule has 18 heavy (non-hydrogen) atoms. The molecule has 0 aliphatic heterocycles. The van der Waals surface area contributed by atoms with Crippen molar-refractivity contribution in [2.24, 2.45) is 12.9 Å². The number of hydrogen-bond acceptors (Lipinski definition) is 3. The average Bonchev–Trinajstić information content (AvgIpc) is 2.77. The van der Waals surface area contributed by atoms with Gasteiger partial charge in [0.25, 0.3) is 0 Å². The first-order valence-electron chi connectivity index (χ1n) is 5.48. The minimum Gasteiger partial charge on any atom is -0.340 e. The maximum atomic E-state index is 13.1. The third-order valence-electron chi connectivity index (χ3n) is 2.71. The molecular weight excluding hydrogens is 299 g/mol. The van der Waals surface area contributed by atoms with E-state index in [1.807, 2.05) is 17.8 Å². The standard InChI is InChI=1S/C12H14BrFN4/c1-18-6-12(16-7-18)11(17-15)5-8-2-3-10(14)9(13)4-8/h2-4,6-7,11,17H,5,15H2,1H3. The molecule has 0 saturated carbocycles. The number of imidazole rings is 1. The molecule has 2 aromatic rings. The number of nitrogens with zero attached hydrogens (tertiary/aromatic N) is 2. The number of halogens is 2. The van der Waals surface area contributed by atoms with Crippen molar-refractivity contribution in [2.45, 2.75) is 12.5 Å². The smallest absolute Gasteiger partial charge is 0.137 e. The van der Waals surface area contributed by atoms with Crippen LogP contribution in [0, 0.1) is 5.82 Å². The molecule has 0 amide bonds. The highest BCUT2D eigenvalue weighted by Crippen LogP contribution is 2.21. The van der Waals surface area contributed by atoms with Gasteiger partial charge in [0.05, 0.1) is 22.5 Å². The number of hydrogen-bond donors (Lipinski definition) is 2. The topological polar surface area (TPSA) is 55.9 Å². The molecular formula is C12H14BrFN4.